The predicted octanol–water partition coefficient (Wildman–Crippen LogP) is 2.12. The molecule has 2 rings (SSSR count). The monoisotopic (exact) mass is 262 g/mol. The molecule has 1 aliphatic carbocycles. The topological polar surface area (TPSA) is 55.0 Å². The Morgan fingerprint density at radius 2 is 2.16 bits per heavy atom. The van der Waals surface area contributed by atoms with Gasteiger partial charge in [-0.15, -0.1) is 0 Å². The molecular weight excluding hydrogens is 236 g/mol. The van der Waals surface area contributed by atoms with Crippen molar-refractivity contribution in [2.75, 3.05) is 13.1 Å². The Bertz CT molecular complexity index is 393. The standard InChI is InChI=1S/C15H26N4/c1-3-19(11-14-8-9-17-12(2)18-14)15-7-5-4-6-13(15)10-16/h8-9,13,15H,3-7,10-11,16H2,1-2H3. The Morgan fingerprint density at radius 1 is 1.37 bits per heavy atom. The van der Waals surface area contributed by atoms with Crippen LogP contribution >= 0.6 is 0 Å². The summed E-state index contributed by atoms with van der Waals surface area (Å²) in [7, 11) is 0. The van der Waals surface area contributed by atoms with Gasteiger partial charge in [-0.2, -0.15) is 0 Å². The molecule has 0 aromatic carbocycles. The van der Waals surface area contributed by atoms with Crippen LogP contribution < -0.4 is 5.73 Å². The van der Waals surface area contributed by atoms with E-state index in [1.807, 2.05) is 19.2 Å². The number of nitrogens with two attached hydrogens (primary N) is 1. The van der Waals surface area contributed by atoms with Crippen molar-refractivity contribution < 1.29 is 0 Å². The Morgan fingerprint density at radius 3 is 2.84 bits per heavy atom. The average molecular weight is 262 g/mol. The highest BCUT2D eigenvalue weighted by atomic mass is 15.2. The van der Waals surface area contributed by atoms with Gasteiger partial charge >= 0.3 is 0 Å². The molecule has 4 heteroatoms. The summed E-state index contributed by atoms with van der Waals surface area (Å²) in [5.41, 5.74) is 7.07. The first-order valence-electron chi connectivity index (χ1n) is 7.47. The summed E-state index contributed by atoms with van der Waals surface area (Å²) in [5.74, 6) is 1.50. The molecule has 2 unspecified atom stereocenters. The first-order chi connectivity index (χ1) is 9.24. The Balaban J connectivity index is 2.06. The van der Waals surface area contributed by atoms with Crippen molar-refractivity contribution in [1.82, 2.24) is 14.9 Å². The minimum Gasteiger partial charge on any atom is -0.330 e. The Labute approximate surface area is 116 Å². The van der Waals surface area contributed by atoms with Gasteiger partial charge in [-0.1, -0.05) is 19.8 Å². The zero-order valence-electron chi connectivity index (χ0n) is 12.2. The molecule has 2 N–H and O–H groups in total. The zero-order valence-corrected chi connectivity index (χ0v) is 12.2. The zero-order chi connectivity index (χ0) is 13.7. The van der Waals surface area contributed by atoms with Crippen molar-refractivity contribution in [3.8, 4) is 0 Å². The van der Waals surface area contributed by atoms with Gasteiger partial charge in [-0.3, -0.25) is 4.90 Å². The summed E-state index contributed by atoms with van der Waals surface area (Å²) in [4.78, 5) is 11.2. The van der Waals surface area contributed by atoms with Gasteiger partial charge in [0.15, 0.2) is 0 Å². The van der Waals surface area contributed by atoms with Crippen LogP contribution in [0.2, 0.25) is 0 Å². The second kappa shape index (κ2) is 6.96. The maximum absolute atomic E-state index is 5.95. The van der Waals surface area contributed by atoms with E-state index in [4.69, 9.17) is 5.73 Å². The molecule has 1 saturated carbocycles. The minimum atomic E-state index is 0.624. The predicted molar refractivity (Wildman–Crippen MR) is 77.7 cm³/mol. The molecule has 106 valence electrons. The summed E-state index contributed by atoms with van der Waals surface area (Å²) >= 11 is 0. The van der Waals surface area contributed by atoms with Gasteiger partial charge in [0.2, 0.25) is 0 Å². The molecule has 19 heavy (non-hydrogen) atoms. The van der Waals surface area contributed by atoms with Crippen molar-refractivity contribution in [3.63, 3.8) is 0 Å². The van der Waals surface area contributed by atoms with Crippen molar-refractivity contribution in [1.29, 1.82) is 0 Å². The molecule has 0 spiro atoms. The number of hydrogen-bond acceptors (Lipinski definition) is 4. The quantitative estimate of drug-likeness (QED) is 0.883. The van der Waals surface area contributed by atoms with Gasteiger partial charge < -0.3 is 5.73 Å². The van der Waals surface area contributed by atoms with Crippen LogP contribution in [0.3, 0.4) is 0 Å². The van der Waals surface area contributed by atoms with Crippen LogP contribution in [-0.4, -0.2) is 34.0 Å². The van der Waals surface area contributed by atoms with Gasteiger partial charge in [0, 0.05) is 18.8 Å². The largest absolute Gasteiger partial charge is 0.330 e. The van der Waals surface area contributed by atoms with Crippen LogP contribution in [0, 0.1) is 12.8 Å². The molecule has 0 aliphatic heterocycles. The van der Waals surface area contributed by atoms with Gasteiger partial charge in [-0.25, -0.2) is 9.97 Å². The maximum atomic E-state index is 5.95. The SMILES string of the molecule is CCN(Cc1ccnc(C)n1)C1CCCCC1CN. The molecule has 1 aromatic rings. The van der Waals surface area contributed by atoms with E-state index in [0.29, 0.717) is 12.0 Å². The smallest absolute Gasteiger partial charge is 0.125 e. The lowest BCUT2D eigenvalue weighted by Gasteiger charge is -2.39. The number of rotatable bonds is 5. The number of aromatic nitrogens is 2. The van der Waals surface area contributed by atoms with E-state index in [9.17, 15) is 0 Å². The van der Waals surface area contributed by atoms with Crippen molar-refractivity contribution >= 4 is 0 Å². The molecule has 1 aromatic heterocycles. The molecule has 0 saturated heterocycles. The summed E-state index contributed by atoms with van der Waals surface area (Å²) in [6, 6.07) is 2.65. The molecule has 0 radical (unpaired) electrons. The minimum absolute atomic E-state index is 0.624. The van der Waals surface area contributed by atoms with Crippen LogP contribution in [0.15, 0.2) is 12.3 Å². The fourth-order valence-corrected chi connectivity index (χ4v) is 3.21. The number of hydrogen-bond donors (Lipinski definition) is 1. The fraction of sp³-hybridized carbons (Fsp3) is 0.733. The van der Waals surface area contributed by atoms with Crippen LogP contribution in [-0.2, 0) is 6.54 Å². The fourth-order valence-electron chi connectivity index (χ4n) is 3.21. The van der Waals surface area contributed by atoms with E-state index in [1.54, 1.807) is 0 Å². The van der Waals surface area contributed by atoms with Crippen LogP contribution in [0.25, 0.3) is 0 Å². The average Bonchev–Trinajstić information content (AvgIpc) is 2.45. The first-order valence-corrected chi connectivity index (χ1v) is 7.47. The summed E-state index contributed by atoms with van der Waals surface area (Å²) < 4.78 is 0. The third-order valence-corrected chi connectivity index (χ3v) is 4.25. The third kappa shape index (κ3) is 3.74. The molecular formula is C15H26N4. The summed E-state index contributed by atoms with van der Waals surface area (Å²) in [6.07, 6.45) is 7.08. The van der Waals surface area contributed by atoms with E-state index < -0.39 is 0 Å². The van der Waals surface area contributed by atoms with E-state index >= 15 is 0 Å². The molecule has 4 nitrogen and oxygen atoms in total. The normalized spacial score (nSPS) is 23.8. The summed E-state index contributed by atoms with van der Waals surface area (Å²) in [6.45, 7) is 6.97. The molecule has 1 aliphatic rings. The second-order valence-electron chi connectivity index (χ2n) is 5.51. The van der Waals surface area contributed by atoms with E-state index in [0.717, 1.165) is 31.2 Å². The number of nitrogens with zero attached hydrogens (tertiary/aromatic N) is 3. The lowest BCUT2D eigenvalue weighted by Crippen LogP contribution is -2.44. The van der Waals surface area contributed by atoms with Crippen LogP contribution in [0.5, 0.6) is 0 Å². The highest BCUT2D eigenvalue weighted by Crippen LogP contribution is 2.28. The number of aryl methyl sites for hydroxylation is 1. The van der Waals surface area contributed by atoms with Crippen molar-refractivity contribution in [3.05, 3.63) is 23.8 Å². The van der Waals surface area contributed by atoms with E-state index in [-0.39, 0.29) is 0 Å². The Hall–Kier alpha value is -1.00. The van der Waals surface area contributed by atoms with E-state index in [1.165, 1.54) is 25.7 Å². The van der Waals surface area contributed by atoms with Gasteiger partial charge in [0.05, 0.1) is 5.69 Å². The molecule has 0 bridgehead atoms. The van der Waals surface area contributed by atoms with E-state index in [2.05, 4.69) is 21.8 Å². The van der Waals surface area contributed by atoms with Crippen molar-refractivity contribution in [2.45, 2.75) is 52.1 Å². The molecule has 1 heterocycles. The second-order valence-corrected chi connectivity index (χ2v) is 5.51. The maximum Gasteiger partial charge on any atom is 0.125 e. The molecule has 2 atom stereocenters. The van der Waals surface area contributed by atoms with Crippen LogP contribution in [0.1, 0.15) is 44.1 Å². The Kier molecular flexibility index (Phi) is 5.28. The highest BCUT2D eigenvalue weighted by molar-refractivity contribution is 5.02. The van der Waals surface area contributed by atoms with Crippen LogP contribution in [0.4, 0.5) is 0 Å². The van der Waals surface area contributed by atoms with Gasteiger partial charge in [0.25, 0.3) is 0 Å². The van der Waals surface area contributed by atoms with Gasteiger partial charge in [0.1, 0.15) is 5.82 Å². The third-order valence-electron chi connectivity index (χ3n) is 4.25. The van der Waals surface area contributed by atoms with Gasteiger partial charge in [-0.05, 0) is 44.8 Å². The van der Waals surface area contributed by atoms with Crippen molar-refractivity contribution in [2.24, 2.45) is 11.7 Å². The summed E-state index contributed by atoms with van der Waals surface area (Å²) in [5, 5.41) is 0. The molecule has 0 amide bonds. The first kappa shape index (κ1) is 14.4. The lowest BCUT2D eigenvalue weighted by molar-refractivity contribution is 0.104. The highest BCUT2D eigenvalue weighted by Gasteiger charge is 2.28. The lowest BCUT2D eigenvalue weighted by atomic mass is 9.83. The molecule has 1 fully saturated rings.